The van der Waals surface area contributed by atoms with Gasteiger partial charge in [0.25, 0.3) is 5.91 Å². The molecule has 25 heavy (non-hydrogen) atoms. The standard InChI is InChI=1S/C17H14N2O5S/c1-11(20)12-2-4-14(5-3-12)23-10-16(22)24-9-15(21)19-17-13(8-18)6-7-25-17/h2-7H,9-10H2,1H3,(H,19,21). The third kappa shape index (κ3) is 5.44. The Labute approximate surface area is 147 Å². The van der Waals surface area contributed by atoms with Crippen LogP contribution < -0.4 is 10.1 Å². The predicted molar refractivity (Wildman–Crippen MR) is 90.6 cm³/mol. The zero-order valence-corrected chi connectivity index (χ0v) is 14.1. The summed E-state index contributed by atoms with van der Waals surface area (Å²) in [7, 11) is 0. The van der Waals surface area contributed by atoms with Crippen molar-refractivity contribution in [3.8, 4) is 11.8 Å². The number of carbonyl (C=O) groups is 3. The van der Waals surface area contributed by atoms with E-state index in [0.29, 0.717) is 21.9 Å². The van der Waals surface area contributed by atoms with Gasteiger partial charge in [0.2, 0.25) is 0 Å². The van der Waals surface area contributed by atoms with Crippen molar-refractivity contribution in [3.05, 3.63) is 46.8 Å². The van der Waals surface area contributed by atoms with Gasteiger partial charge in [0.1, 0.15) is 16.8 Å². The van der Waals surface area contributed by atoms with Crippen LogP contribution in [0.3, 0.4) is 0 Å². The highest BCUT2D eigenvalue weighted by molar-refractivity contribution is 7.14. The van der Waals surface area contributed by atoms with Crippen molar-refractivity contribution in [3.63, 3.8) is 0 Å². The zero-order chi connectivity index (χ0) is 18.2. The Morgan fingerprint density at radius 1 is 1.16 bits per heavy atom. The fraction of sp³-hybridized carbons (Fsp3) is 0.176. The van der Waals surface area contributed by atoms with Crippen LogP contribution in [0.1, 0.15) is 22.8 Å². The third-order valence-electron chi connectivity index (χ3n) is 3.02. The Morgan fingerprint density at radius 2 is 1.88 bits per heavy atom. The zero-order valence-electron chi connectivity index (χ0n) is 13.3. The molecule has 1 aromatic carbocycles. The summed E-state index contributed by atoms with van der Waals surface area (Å²) in [6, 6.07) is 9.83. The van der Waals surface area contributed by atoms with E-state index >= 15 is 0 Å². The van der Waals surface area contributed by atoms with Gasteiger partial charge in [0.05, 0.1) is 5.56 Å². The molecule has 0 fully saturated rings. The largest absolute Gasteiger partial charge is 0.482 e. The fourth-order valence-electron chi connectivity index (χ4n) is 1.77. The summed E-state index contributed by atoms with van der Waals surface area (Å²) in [6.45, 7) is 0.609. The first kappa shape index (κ1) is 18.2. The Balaban J connectivity index is 1.74. The monoisotopic (exact) mass is 358 g/mol. The number of thiophene rings is 1. The third-order valence-corrected chi connectivity index (χ3v) is 3.85. The number of anilines is 1. The Hall–Kier alpha value is -3.18. The maximum absolute atomic E-state index is 11.7. The second-order valence-corrected chi connectivity index (χ2v) is 5.77. The molecule has 8 heteroatoms. The lowest BCUT2D eigenvalue weighted by Gasteiger charge is -2.07. The van der Waals surface area contributed by atoms with Gasteiger partial charge in [-0.15, -0.1) is 11.3 Å². The van der Waals surface area contributed by atoms with Crippen molar-refractivity contribution in [2.24, 2.45) is 0 Å². The van der Waals surface area contributed by atoms with E-state index < -0.39 is 18.5 Å². The molecule has 1 aromatic heterocycles. The SMILES string of the molecule is CC(=O)c1ccc(OCC(=O)OCC(=O)Nc2sccc2C#N)cc1. The minimum atomic E-state index is -0.711. The normalized spacial score (nSPS) is 9.76. The number of nitrogens with one attached hydrogen (secondary N) is 1. The van der Waals surface area contributed by atoms with E-state index in [4.69, 9.17) is 14.7 Å². The molecular weight excluding hydrogens is 344 g/mol. The van der Waals surface area contributed by atoms with E-state index in [2.05, 4.69) is 5.32 Å². The molecule has 128 valence electrons. The molecule has 0 spiro atoms. The van der Waals surface area contributed by atoms with E-state index in [0.717, 1.165) is 0 Å². The summed E-state index contributed by atoms with van der Waals surface area (Å²) in [6.07, 6.45) is 0. The molecular formula is C17H14N2O5S. The predicted octanol–water partition coefficient (Wildman–Crippen LogP) is 2.38. The van der Waals surface area contributed by atoms with Gasteiger partial charge in [-0.3, -0.25) is 9.59 Å². The number of benzene rings is 1. The van der Waals surface area contributed by atoms with Crippen LogP contribution in [0.15, 0.2) is 35.7 Å². The molecule has 0 bridgehead atoms. The number of nitriles is 1. The van der Waals surface area contributed by atoms with Gasteiger partial charge < -0.3 is 14.8 Å². The molecule has 2 rings (SSSR count). The fourth-order valence-corrected chi connectivity index (χ4v) is 2.53. The van der Waals surface area contributed by atoms with Crippen molar-refractivity contribution in [2.45, 2.75) is 6.92 Å². The second kappa shape index (κ2) is 8.61. The minimum absolute atomic E-state index is 0.0673. The maximum Gasteiger partial charge on any atom is 0.344 e. The number of hydrogen-bond acceptors (Lipinski definition) is 7. The molecule has 0 unspecified atom stereocenters. The lowest BCUT2D eigenvalue weighted by Crippen LogP contribution is -2.23. The average Bonchev–Trinajstić information content (AvgIpc) is 3.05. The number of Topliss-reactive ketones (excluding diaryl/α,β-unsaturated/α-hetero) is 1. The van der Waals surface area contributed by atoms with E-state index in [1.54, 1.807) is 35.7 Å². The van der Waals surface area contributed by atoms with Gasteiger partial charge in [-0.2, -0.15) is 5.26 Å². The summed E-state index contributed by atoms with van der Waals surface area (Å²) in [5.41, 5.74) is 0.888. The lowest BCUT2D eigenvalue weighted by atomic mass is 10.1. The van der Waals surface area contributed by atoms with Crippen molar-refractivity contribution in [1.82, 2.24) is 0 Å². The number of ketones is 1. The molecule has 0 saturated carbocycles. The van der Waals surface area contributed by atoms with E-state index in [1.165, 1.54) is 18.3 Å². The van der Waals surface area contributed by atoms with Gasteiger partial charge >= 0.3 is 5.97 Å². The van der Waals surface area contributed by atoms with Gasteiger partial charge in [-0.05, 0) is 42.6 Å². The number of nitrogens with zero attached hydrogens (tertiary/aromatic N) is 1. The molecule has 7 nitrogen and oxygen atoms in total. The lowest BCUT2D eigenvalue weighted by molar-refractivity contribution is -0.149. The molecule has 1 N–H and O–H groups in total. The smallest absolute Gasteiger partial charge is 0.344 e. The van der Waals surface area contributed by atoms with Crippen LogP contribution in [-0.2, 0) is 14.3 Å². The molecule has 0 aliphatic heterocycles. The van der Waals surface area contributed by atoms with Crippen LogP contribution in [0.2, 0.25) is 0 Å². The number of hydrogen-bond donors (Lipinski definition) is 1. The van der Waals surface area contributed by atoms with Gasteiger partial charge in [0, 0.05) is 5.56 Å². The number of ether oxygens (including phenoxy) is 2. The summed E-state index contributed by atoms with van der Waals surface area (Å²) < 4.78 is 10.0. The molecule has 0 atom stereocenters. The minimum Gasteiger partial charge on any atom is -0.482 e. The molecule has 0 saturated heterocycles. The van der Waals surface area contributed by atoms with E-state index in [-0.39, 0.29) is 12.4 Å². The van der Waals surface area contributed by atoms with Crippen molar-refractivity contribution >= 4 is 34.0 Å². The summed E-state index contributed by atoms with van der Waals surface area (Å²) >= 11 is 1.20. The van der Waals surface area contributed by atoms with Crippen LogP contribution >= 0.6 is 11.3 Å². The van der Waals surface area contributed by atoms with Crippen LogP contribution in [0.5, 0.6) is 5.75 Å². The van der Waals surface area contributed by atoms with E-state index in [1.807, 2.05) is 6.07 Å². The quantitative estimate of drug-likeness (QED) is 0.602. The highest BCUT2D eigenvalue weighted by Gasteiger charge is 2.11. The van der Waals surface area contributed by atoms with Gasteiger partial charge in [-0.25, -0.2) is 4.79 Å². The van der Waals surface area contributed by atoms with Crippen LogP contribution in [0, 0.1) is 11.3 Å². The molecule has 0 aliphatic rings. The first-order chi connectivity index (χ1) is 12.0. The van der Waals surface area contributed by atoms with Crippen molar-refractivity contribution in [2.75, 3.05) is 18.5 Å². The molecule has 0 radical (unpaired) electrons. The number of amides is 1. The molecule has 1 amide bonds. The first-order valence-electron chi connectivity index (χ1n) is 7.16. The highest BCUT2D eigenvalue weighted by Crippen LogP contribution is 2.21. The number of carbonyl (C=O) groups excluding carboxylic acids is 3. The van der Waals surface area contributed by atoms with Gasteiger partial charge in [0.15, 0.2) is 19.0 Å². The maximum atomic E-state index is 11.7. The highest BCUT2D eigenvalue weighted by atomic mass is 32.1. The van der Waals surface area contributed by atoms with Crippen molar-refractivity contribution in [1.29, 1.82) is 5.26 Å². The van der Waals surface area contributed by atoms with Crippen LogP contribution in [0.25, 0.3) is 0 Å². The first-order valence-corrected chi connectivity index (χ1v) is 8.04. The van der Waals surface area contributed by atoms with Crippen LogP contribution in [-0.4, -0.2) is 30.9 Å². The summed E-state index contributed by atoms with van der Waals surface area (Å²) in [5, 5.41) is 13.4. The average molecular weight is 358 g/mol. The van der Waals surface area contributed by atoms with E-state index in [9.17, 15) is 14.4 Å². The molecule has 2 aromatic rings. The second-order valence-electron chi connectivity index (χ2n) is 4.85. The molecule has 1 heterocycles. The molecule has 0 aliphatic carbocycles. The summed E-state index contributed by atoms with van der Waals surface area (Å²) in [5.74, 6) is -0.915. The van der Waals surface area contributed by atoms with Crippen LogP contribution in [0.4, 0.5) is 5.00 Å². The van der Waals surface area contributed by atoms with Gasteiger partial charge in [-0.1, -0.05) is 0 Å². The Kier molecular flexibility index (Phi) is 6.26. The summed E-state index contributed by atoms with van der Waals surface area (Å²) in [4.78, 5) is 34.4. The van der Waals surface area contributed by atoms with Crippen molar-refractivity contribution < 1.29 is 23.9 Å². The number of esters is 1. The number of rotatable bonds is 7. The Bertz CT molecular complexity index is 820. The topological polar surface area (TPSA) is 105 Å². The Morgan fingerprint density at radius 3 is 2.52 bits per heavy atom.